The van der Waals surface area contributed by atoms with Crippen LogP contribution in [0.2, 0.25) is 0 Å². The van der Waals surface area contributed by atoms with Crippen molar-refractivity contribution in [3.8, 4) is 0 Å². The van der Waals surface area contributed by atoms with Gasteiger partial charge in [0.25, 0.3) is 0 Å². The molecule has 1 amide bonds. The molecule has 0 heterocycles. The largest absolute Gasteiger partial charge is 0.480 e. The Labute approximate surface area is 134 Å². The molecule has 1 aromatic carbocycles. The van der Waals surface area contributed by atoms with Crippen molar-refractivity contribution in [2.45, 2.75) is 45.1 Å². The molecule has 1 atom stereocenters. The Bertz CT molecular complexity index is 538. The van der Waals surface area contributed by atoms with Crippen molar-refractivity contribution in [3.05, 3.63) is 29.8 Å². The van der Waals surface area contributed by atoms with E-state index < -0.39 is 29.6 Å². The van der Waals surface area contributed by atoms with E-state index in [0.29, 0.717) is 12.6 Å². The maximum Gasteiger partial charge on any atom is 0.321 e. The zero-order valence-corrected chi connectivity index (χ0v) is 13.1. The molecule has 0 aliphatic heterocycles. The summed E-state index contributed by atoms with van der Waals surface area (Å²) in [5.74, 6) is -3.45. The zero-order valence-electron chi connectivity index (χ0n) is 13.1. The number of hydrogen-bond donors (Lipinski definition) is 3. The molecule has 0 radical (unpaired) electrons. The molecule has 0 aliphatic carbocycles. The summed E-state index contributed by atoms with van der Waals surface area (Å²) < 4.78 is 26.2. The molecule has 0 aromatic heterocycles. The second kappa shape index (κ2) is 9.89. The van der Waals surface area contributed by atoms with Gasteiger partial charge in [-0.25, -0.2) is 8.78 Å². The lowest BCUT2D eigenvalue weighted by Crippen LogP contribution is -2.40. The van der Waals surface area contributed by atoms with Crippen LogP contribution in [0, 0.1) is 11.6 Å². The van der Waals surface area contributed by atoms with Crippen LogP contribution in [0.25, 0.3) is 0 Å². The average Bonchev–Trinajstić information content (AvgIpc) is 2.48. The van der Waals surface area contributed by atoms with Gasteiger partial charge in [0.05, 0.1) is 12.1 Å². The fourth-order valence-corrected chi connectivity index (χ4v) is 2.05. The molecule has 23 heavy (non-hydrogen) atoms. The molecule has 5 nitrogen and oxygen atoms in total. The molecule has 0 fully saturated rings. The number of hydrogen-bond acceptors (Lipinski definition) is 3. The third-order valence-electron chi connectivity index (χ3n) is 3.31. The van der Waals surface area contributed by atoms with Gasteiger partial charge >= 0.3 is 5.97 Å². The Hall–Kier alpha value is -2.02. The quantitative estimate of drug-likeness (QED) is 0.577. The van der Waals surface area contributed by atoms with Crippen LogP contribution in [0.5, 0.6) is 0 Å². The second-order valence-corrected chi connectivity index (χ2v) is 5.28. The third kappa shape index (κ3) is 7.19. The van der Waals surface area contributed by atoms with E-state index in [9.17, 15) is 18.4 Å². The topological polar surface area (TPSA) is 78.4 Å². The molecule has 1 rings (SSSR count). The number of rotatable bonds is 10. The SMILES string of the molecule is CCCCCCN[C@H](CC(=O)Nc1ccc(F)cc1F)C(=O)O. The summed E-state index contributed by atoms with van der Waals surface area (Å²) in [6.45, 7) is 2.57. The number of carbonyl (C=O) groups is 2. The molecule has 128 valence electrons. The maximum atomic E-state index is 13.4. The highest BCUT2D eigenvalue weighted by Gasteiger charge is 2.21. The monoisotopic (exact) mass is 328 g/mol. The lowest BCUT2D eigenvalue weighted by molar-refractivity contribution is -0.141. The summed E-state index contributed by atoms with van der Waals surface area (Å²) in [6.07, 6.45) is 3.63. The van der Waals surface area contributed by atoms with Crippen LogP contribution in [-0.4, -0.2) is 29.6 Å². The minimum Gasteiger partial charge on any atom is -0.480 e. The number of halogens is 2. The molecule has 0 saturated heterocycles. The highest BCUT2D eigenvalue weighted by atomic mass is 19.1. The fraction of sp³-hybridized carbons (Fsp3) is 0.500. The number of carboxylic acids is 1. The van der Waals surface area contributed by atoms with Gasteiger partial charge in [0.15, 0.2) is 0 Å². The number of unbranched alkanes of at least 4 members (excludes halogenated alkanes) is 3. The van der Waals surface area contributed by atoms with Gasteiger partial charge < -0.3 is 15.7 Å². The first-order valence-corrected chi connectivity index (χ1v) is 7.65. The van der Waals surface area contributed by atoms with Gasteiger partial charge in [-0.2, -0.15) is 0 Å². The minimum atomic E-state index is -1.14. The van der Waals surface area contributed by atoms with Crippen molar-refractivity contribution in [1.29, 1.82) is 0 Å². The lowest BCUT2D eigenvalue weighted by Gasteiger charge is -2.14. The summed E-state index contributed by atoms with van der Waals surface area (Å²) >= 11 is 0. The Balaban J connectivity index is 2.48. The molecule has 7 heteroatoms. The van der Waals surface area contributed by atoms with E-state index in [-0.39, 0.29) is 12.1 Å². The van der Waals surface area contributed by atoms with E-state index in [1.165, 1.54) is 0 Å². The molecule has 1 aromatic rings. The molecular formula is C16H22F2N2O3. The molecular weight excluding hydrogens is 306 g/mol. The normalized spacial score (nSPS) is 12.0. The first-order valence-electron chi connectivity index (χ1n) is 7.65. The van der Waals surface area contributed by atoms with Gasteiger partial charge in [-0.3, -0.25) is 9.59 Å². The summed E-state index contributed by atoms with van der Waals surface area (Å²) in [6, 6.07) is 1.71. The Morgan fingerprint density at radius 1 is 1.22 bits per heavy atom. The van der Waals surface area contributed by atoms with Crippen LogP contribution >= 0.6 is 0 Å². The van der Waals surface area contributed by atoms with E-state index in [1.807, 2.05) is 0 Å². The molecule has 0 unspecified atom stereocenters. The van der Waals surface area contributed by atoms with Crippen LogP contribution in [-0.2, 0) is 9.59 Å². The van der Waals surface area contributed by atoms with E-state index in [4.69, 9.17) is 5.11 Å². The van der Waals surface area contributed by atoms with Crippen LogP contribution in [0.3, 0.4) is 0 Å². The highest BCUT2D eigenvalue weighted by molar-refractivity contribution is 5.94. The Kier molecular flexibility index (Phi) is 8.18. The second-order valence-electron chi connectivity index (χ2n) is 5.28. The summed E-state index contributed by atoms with van der Waals surface area (Å²) in [5, 5.41) is 14.2. The summed E-state index contributed by atoms with van der Waals surface area (Å²) in [4.78, 5) is 23.0. The van der Waals surface area contributed by atoms with Crippen molar-refractivity contribution in [2.75, 3.05) is 11.9 Å². The predicted molar refractivity (Wildman–Crippen MR) is 83.2 cm³/mol. The van der Waals surface area contributed by atoms with Crippen molar-refractivity contribution in [2.24, 2.45) is 0 Å². The van der Waals surface area contributed by atoms with Crippen LogP contribution in [0.1, 0.15) is 39.0 Å². The standard InChI is InChI=1S/C16H22F2N2O3/c1-2-3-4-5-8-19-14(16(22)23)10-15(21)20-13-7-6-11(17)9-12(13)18/h6-7,9,14,19H,2-5,8,10H2,1H3,(H,20,21)(H,22,23)/t14-/m1/s1. The third-order valence-corrected chi connectivity index (χ3v) is 3.31. The van der Waals surface area contributed by atoms with Crippen LogP contribution < -0.4 is 10.6 Å². The number of benzene rings is 1. The fourth-order valence-electron chi connectivity index (χ4n) is 2.05. The minimum absolute atomic E-state index is 0.177. The number of anilines is 1. The van der Waals surface area contributed by atoms with Crippen LogP contribution in [0.15, 0.2) is 18.2 Å². The van der Waals surface area contributed by atoms with E-state index in [2.05, 4.69) is 17.6 Å². The van der Waals surface area contributed by atoms with E-state index in [0.717, 1.165) is 37.8 Å². The molecule has 0 saturated carbocycles. The van der Waals surface area contributed by atoms with Gasteiger partial charge in [-0.15, -0.1) is 0 Å². The first kappa shape index (κ1) is 19.0. The molecule has 0 spiro atoms. The molecule has 3 N–H and O–H groups in total. The Morgan fingerprint density at radius 2 is 1.96 bits per heavy atom. The average molecular weight is 328 g/mol. The zero-order chi connectivity index (χ0) is 17.2. The summed E-state index contributed by atoms with van der Waals surface area (Å²) in [5.41, 5.74) is -0.177. The number of aliphatic carboxylic acids is 1. The molecule has 0 bridgehead atoms. The van der Waals surface area contributed by atoms with Crippen molar-refractivity contribution < 1.29 is 23.5 Å². The van der Waals surface area contributed by atoms with Crippen LogP contribution in [0.4, 0.5) is 14.5 Å². The highest BCUT2D eigenvalue weighted by Crippen LogP contribution is 2.15. The smallest absolute Gasteiger partial charge is 0.321 e. The van der Waals surface area contributed by atoms with Gasteiger partial charge in [0.2, 0.25) is 5.91 Å². The number of amides is 1. The van der Waals surface area contributed by atoms with Gasteiger partial charge in [0.1, 0.15) is 17.7 Å². The number of nitrogens with one attached hydrogen (secondary N) is 2. The number of carboxylic acid groups (broad SMARTS) is 1. The maximum absolute atomic E-state index is 13.4. The van der Waals surface area contributed by atoms with Gasteiger partial charge in [-0.05, 0) is 25.1 Å². The lowest BCUT2D eigenvalue weighted by atomic mass is 10.1. The first-order chi connectivity index (χ1) is 10.9. The van der Waals surface area contributed by atoms with Gasteiger partial charge in [-0.1, -0.05) is 26.2 Å². The predicted octanol–water partition coefficient (Wildman–Crippen LogP) is 2.92. The van der Waals surface area contributed by atoms with Crippen molar-refractivity contribution >= 4 is 17.6 Å². The Morgan fingerprint density at radius 3 is 2.57 bits per heavy atom. The summed E-state index contributed by atoms with van der Waals surface area (Å²) in [7, 11) is 0. The van der Waals surface area contributed by atoms with Crippen molar-refractivity contribution in [1.82, 2.24) is 5.32 Å². The molecule has 0 aliphatic rings. The van der Waals surface area contributed by atoms with Gasteiger partial charge in [0, 0.05) is 6.07 Å². The van der Waals surface area contributed by atoms with E-state index in [1.54, 1.807) is 0 Å². The van der Waals surface area contributed by atoms with E-state index >= 15 is 0 Å². The van der Waals surface area contributed by atoms with Crippen molar-refractivity contribution in [3.63, 3.8) is 0 Å². The number of carbonyl (C=O) groups excluding carboxylic acids is 1.